The van der Waals surface area contributed by atoms with Crippen molar-refractivity contribution in [1.82, 2.24) is 0 Å². The van der Waals surface area contributed by atoms with E-state index in [1.807, 2.05) is 0 Å². The van der Waals surface area contributed by atoms with Gasteiger partial charge in [0.15, 0.2) is 0 Å². The molecule has 0 bridgehead atoms. The van der Waals surface area contributed by atoms with E-state index in [0.29, 0.717) is 26.2 Å². The highest BCUT2D eigenvalue weighted by atomic mass is 32.2. The summed E-state index contributed by atoms with van der Waals surface area (Å²) in [6, 6.07) is 6.08. The second kappa shape index (κ2) is 5.62. The van der Waals surface area contributed by atoms with Crippen molar-refractivity contribution in [3.05, 3.63) is 30.3 Å². The Kier molecular flexibility index (Phi) is 4.67. The predicted octanol–water partition coefficient (Wildman–Crippen LogP) is 1.98. The molecule has 1 aromatic carbocycles. The van der Waals surface area contributed by atoms with Gasteiger partial charge in [-0.2, -0.15) is 8.42 Å². The summed E-state index contributed by atoms with van der Waals surface area (Å²) in [6.07, 6.45) is 1.45. The molecule has 1 N–H and O–H groups in total. The lowest BCUT2D eigenvalue weighted by atomic mass is 10.2. The maximum absolute atomic E-state index is 11.4. The topological polar surface area (TPSA) is 54.4 Å². The highest BCUT2D eigenvalue weighted by Crippen LogP contribution is 2.15. The van der Waals surface area contributed by atoms with Crippen LogP contribution in [-0.4, -0.2) is 22.5 Å². The second-order valence-corrected chi connectivity index (χ2v) is 6.84. The summed E-state index contributed by atoms with van der Waals surface area (Å²) in [4.78, 5) is 0.00832. The van der Waals surface area contributed by atoms with Crippen LogP contribution in [0.4, 0.5) is 0 Å². The van der Waals surface area contributed by atoms with Crippen molar-refractivity contribution in [2.24, 2.45) is 5.92 Å². The van der Waals surface area contributed by atoms with Crippen LogP contribution in [-0.2, 0) is 10.1 Å². The molecule has 0 aromatic heterocycles. The predicted molar refractivity (Wildman–Crippen MR) is 71.4 cm³/mol. The number of rotatable bonds is 5. The number of hydrogen-bond donors (Lipinski definition) is 1. The summed E-state index contributed by atoms with van der Waals surface area (Å²) in [5.74, 6) is 0.495. The van der Waals surface area contributed by atoms with Crippen LogP contribution in [0.5, 0.6) is 0 Å². The monoisotopic (exact) mass is 268 g/mol. The van der Waals surface area contributed by atoms with Gasteiger partial charge >= 0.3 is 0 Å². The zero-order valence-electron chi connectivity index (χ0n) is 9.97. The lowest BCUT2D eigenvalue weighted by Gasteiger charge is -2.10. The third kappa shape index (κ3) is 3.80. The highest BCUT2D eigenvalue weighted by molar-refractivity contribution is 7.86. The maximum atomic E-state index is 11.4. The van der Waals surface area contributed by atoms with Gasteiger partial charge < -0.3 is 0 Å². The summed E-state index contributed by atoms with van der Waals surface area (Å²) in [7, 11) is -3.82. The molecule has 0 atom stereocenters. The van der Waals surface area contributed by atoms with Crippen LogP contribution in [0.25, 0.3) is 6.08 Å². The standard InChI is InChI=1S/C12H16O3SSi/c1-4-10-6-5-7-11(17-8-9(2)3)12(10)16(13,14)15/h4-7,9H,1,8H2,2-3H3,(H,13,14,15). The van der Waals surface area contributed by atoms with Crippen LogP contribution >= 0.6 is 0 Å². The molecular weight excluding hydrogens is 252 g/mol. The van der Waals surface area contributed by atoms with E-state index >= 15 is 0 Å². The van der Waals surface area contributed by atoms with E-state index in [-0.39, 0.29) is 4.90 Å². The summed E-state index contributed by atoms with van der Waals surface area (Å²) < 4.78 is 32.1. The van der Waals surface area contributed by atoms with E-state index in [4.69, 9.17) is 0 Å². The third-order valence-electron chi connectivity index (χ3n) is 2.22. The maximum Gasteiger partial charge on any atom is 0.294 e. The van der Waals surface area contributed by atoms with Crippen molar-refractivity contribution in [1.29, 1.82) is 0 Å². The molecule has 0 aliphatic rings. The van der Waals surface area contributed by atoms with Gasteiger partial charge in [0.2, 0.25) is 0 Å². The minimum absolute atomic E-state index is 0.00832. The molecule has 1 rings (SSSR count). The first-order valence-electron chi connectivity index (χ1n) is 5.33. The molecular formula is C12H16O3SSi. The fraction of sp³-hybridized carbons (Fsp3) is 0.333. The third-order valence-corrected chi connectivity index (χ3v) is 5.20. The van der Waals surface area contributed by atoms with E-state index in [9.17, 15) is 13.0 Å². The van der Waals surface area contributed by atoms with Crippen molar-refractivity contribution in [3.8, 4) is 0 Å². The van der Waals surface area contributed by atoms with Crippen molar-refractivity contribution in [2.75, 3.05) is 0 Å². The first-order chi connectivity index (χ1) is 7.86. The zero-order valence-corrected chi connectivity index (χ0v) is 11.8. The fourth-order valence-corrected chi connectivity index (χ4v) is 4.00. The van der Waals surface area contributed by atoms with E-state index in [1.165, 1.54) is 6.08 Å². The zero-order chi connectivity index (χ0) is 13.1. The average molecular weight is 268 g/mol. The van der Waals surface area contributed by atoms with Crippen molar-refractivity contribution >= 4 is 30.9 Å². The molecule has 0 heterocycles. The molecule has 3 nitrogen and oxygen atoms in total. The molecule has 0 fully saturated rings. The van der Waals surface area contributed by atoms with Gasteiger partial charge in [0.05, 0.1) is 14.4 Å². The van der Waals surface area contributed by atoms with E-state index < -0.39 is 10.1 Å². The minimum Gasteiger partial charge on any atom is -0.282 e. The van der Waals surface area contributed by atoms with E-state index in [2.05, 4.69) is 20.4 Å². The van der Waals surface area contributed by atoms with Gasteiger partial charge in [0.1, 0.15) is 0 Å². The lowest BCUT2D eigenvalue weighted by Crippen LogP contribution is -2.24. The van der Waals surface area contributed by atoms with Crippen molar-refractivity contribution in [2.45, 2.75) is 24.8 Å². The van der Waals surface area contributed by atoms with Crippen LogP contribution in [0.3, 0.4) is 0 Å². The summed E-state index contributed by atoms with van der Waals surface area (Å²) in [5.41, 5.74) is 0.459. The highest BCUT2D eigenvalue weighted by Gasteiger charge is 2.18. The molecule has 5 heteroatoms. The molecule has 0 saturated carbocycles. The number of benzene rings is 1. The smallest absolute Gasteiger partial charge is 0.282 e. The Morgan fingerprint density at radius 1 is 1.47 bits per heavy atom. The van der Waals surface area contributed by atoms with Crippen LogP contribution < -0.4 is 5.19 Å². The Hall–Kier alpha value is -0.913. The van der Waals surface area contributed by atoms with Gasteiger partial charge in [0.25, 0.3) is 10.1 Å². The number of hydrogen-bond acceptors (Lipinski definition) is 2. The minimum atomic E-state index is -4.19. The lowest BCUT2D eigenvalue weighted by molar-refractivity contribution is 0.483. The first kappa shape index (κ1) is 14.1. The van der Waals surface area contributed by atoms with Crippen molar-refractivity contribution < 1.29 is 13.0 Å². The van der Waals surface area contributed by atoms with Crippen LogP contribution in [0, 0.1) is 5.92 Å². The molecule has 92 valence electrons. The first-order valence-corrected chi connectivity index (χ1v) is 7.97. The van der Waals surface area contributed by atoms with Gasteiger partial charge in [0, 0.05) is 0 Å². The van der Waals surface area contributed by atoms with Crippen molar-refractivity contribution in [3.63, 3.8) is 0 Å². The quantitative estimate of drug-likeness (QED) is 0.656. The molecule has 0 amide bonds. The molecule has 0 aliphatic carbocycles. The molecule has 17 heavy (non-hydrogen) atoms. The Labute approximate surface area is 105 Å². The molecule has 1 aromatic rings. The Morgan fingerprint density at radius 3 is 2.59 bits per heavy atom. The summed E-state index contributed by atoms with van der Waals surface area (Å²) in [6.45, 7) is 7.73. The van der Waals surface area contributed by atoms with E-state index in [1.54, 1.807) is 18.2 Å². The van der Waals surface area contributed by atoms with Crippen LogP contribution in [0.2, 0.25) is 6.04 Å². The second-order valence-electron chi connectivity index (χ2n) is 4.18. The Balaban J connectivity index is 3.25. The van der Waals surface area contributed by atoms with Gasteiger partial charge in [-0.05, 0) is 16.7 Å². The SMILES string of the molecule is C=Cc1cccc([Si]CC(C)C)c1S(=O)(=O)O. The van der Waals surface area contributed by atoms with Crippen LogP contribution in [0.1, 0.15) is 19.4 Å². The largest absolute Gasteiger partial charge is 0.294 e. The molecule has 0 unspecified atom stereocenters. The molecule has 0 spiro atoms. The van der Waals surface area contributed by atoms with Gasteiger partial charge in [-0.3, -0.25) is 4.55 Å². The Morgan fingerprint density at radius 2 is 2.12 bits per heavy atom. The summed E-state index contributed by atoms with van der Waals surface area (Å²) >= 11 is 0. The van der Waals surface area contributed by atoms with Gasteiger partial charge in [-0.15, -0.1) is 0 Å². The van der Waals surface area contributed by atoms with Crippen LogP contribution in [0.15, 0.2) is 29.7 Å². The molecule has 0 saturated heterocycles. The fourth-order valence-electron chi connectivity index (χ4n) is 1.46. The Bertz CT molecular complexity index is 506. The summed E-state index contributed by atoms with van der Waals surface area (Å²) in [5, 5.41) is 0.679. The molecule has 0 aliphatic heterocycles. The van der Waals surface area contributed by atoms with E-state index in [0.717, 1.165) is 6.04 Å². The average Bonchev–Trinajstić information content (AvgIpc) is 2.24. The van der Waals surface area contributed by atoms with Gasteiger partial charge in [-0.1, -0.05) is 50.7 Å². The van der Waals surface area contributed by atoms with Gasteiger partial charge in [-0.25, -0.2) is 0 Å². The molecule has 2 radical (unpaired) electrons. The normalized spacial score (nSPS) is 11.8.